The molecule has 1 saturated heterocycles. The van der Waals surface area contributed by atoms with E-state index in [0.29, 0.717) is 11.6 Å². The summed E-state index contributed by atoms with van der Waals surface area (Å²) in [4.78, 5) is 11.6. The molecule has 0 spiro atoms. The molecule has 0 amide bonds. The fourth-order valence-corrected chi connectivity index (χ4v) is 5.16. The summed E-state index contributed by atoms with van der Waals surface area (Å²) in [6.45, 7) is 5.14. The number of rotatable bonds is 8. The Labute approximate surface area is 231 Å². The Balaban J connectivity index is 1.22. The molecule has 0 unspecified atom stereocenters. The minimum absolute atomic E-state index is 0.421. The van der Waals surface area contributed by atoms with Crippen molar-refractivity contribution in [2.24, 2.45) is 4.99 Å². The molecule has 6 heteroatoms. The molecule has 0 aliphatic carbocycles. The molecule has 0 atom stereocenters. The number of likely N-dealkylation sites (tertiary alicyclic amines) is 1. The third-order valence-corrected chi connectivity index (χ3v) is 7.32. The molecule has 1 aliphatic rings. The van der Waals surface area contributed by atoms with Crippen LogP contribution in [-0.2, 0) is 6.54 Å². The number of pyridine rings is 1. The minimum Gasteiger partial charge on any atom is -0.299 e. The Kier molecular flexibility index (Phi) is 8.40. The van der Waals surface area contributed by atoms with Gasteiger partial charge in [0.25, 0.3) is 0 Å². The van der Waals surface area contributed by atoms with Gasteiger partial charge in [0.1, 0.15) is 6.07 Å². The van der Waals surface area contributed by atoms with Gasteiger partial charge < -0.3 is 0 Å². The summed E-state index contributed by atoms with van der Waals surface area (Å²) in [7, 11) is 1.83. The Hall–Kier alpha value is -4.34. The van der Waals surface area contributed by atoms with Gasteiger partial charge in [0.15, 0.2) is 0 Å². The highest BCUT2D eigenvalue weighted by molar-refractivity contribution is 6.08. The number of hydrogen-bond donors (Lipinski definition) is 0. The molecule has 0 saturated carbocycles. The van der Waals surface area contributed by atoms with Crippen LogP contribution in [-0.4, -0.2) is 45.5 Å². The molecule has 1 aliphatic heterocycles. The summed E-state index contributed by atoms with van der Waals surface area (Å²) in [5, 5.41) is 14.1. The number of nitriles is 1. The fourth-order valence-electron chi connectivity index (χ4n) is 5.16. The van der Waals surface area contributed by atoms with E-state index in [1.165, 1.54) is 5.56 Å². The smallest absolute Gasteiger partial charge is 0.101 e. The number of benzene rings is 2. The first kappa shape index (κ1) is 26.3. The summed E-state index contributed by atoms with van der Waals surface area (Å²) in [5.74, 6) is 0. The highest BCUT2D eigenvalue weighted by Gasteiger charge is 2.22. The summed E-state index contributed by atoms with van der Waals surface area (Å²) >= 11 is 0. The number of nitrogens with zero attached hydrogens (tertiary/aromatic N) is 6. The molecule has 4 aromatic rings. The Morgan fingerprint density at radius 2 is 1.82 bits per heavy atom. The van der Waals surface area contributed by atoms with Crippen molar-refractivity contribution in [3.05, 3.63) is 108 Å². The van der Waals surface area contributed by atoms with Gasteiger partial charge >= 0.3 is 0 Å². The topological polar surface area (TPSA) is 70.1 Å². The van der Waals surface area contributed by atoms with E-state index in [4.69, 9.17) is 0 Å². The molecule has 5 rings (SSSR count). The molecule has 39 heavy (non-hydrogen) atoms. The second-order valence-corrected chi connectivity index (χ2v) is 9.93. The van der Waals surface area contributed by atoms with Crippen molar-refractivity contribution in [1.82, 2.24) is 19.7 Å². The molecule has 196 valence electrons. The number of piperidine rings is 1. The number of hydrogen-bond acceptors (Lipinski definition) is 5. The summed E-state index contributed by atoms with van der Waals surface area (Å²) < 4.78 is 2.13. The van der Waals surface area contributed by atoms with Crippen molar-refractivity contribution in [2.75, 3.05) is 20.1 Å². The second-order valence-electron chi connectivity index (χ2n) is 9.93. The van der Waals surface area contributed by atoms with Crippen molar-refractivity contribution in [1.29, 1.82) is 5.26 Å². The molecule has 2 aromatic heterocycles. The third-order valence-electron chi connectivity index (χ3n) is 7.32. The summed E-state index contributed by atoms with van der Waals surface area (Å²) in [6, 6.07) is 23.4. The predicted molar refractivity (Wildman–Crippen MR) is 157 cm³/mol. The monoisotopic (exact) mass is 514 g/mol. The zero-order chi connectivity index (χ0) is 27.0. The van der Waals surface area contributed by atoms with Gasteiger partial charge in [-0.15, -0.1) is 0 Å². The third kappa shape index (κ3) is 6.22. The van der Waals surface area contributed by atoms with Gasteiger partial charge in [0.05, 0.1) is 29.2 Å². The first-order valence-electron chi connectivity index (χ1n) is 13.6. The largest absolute Gasteiger partial charge is 0.299 e. The lowest BCUT2D eigenvalue weighted by molar-refractivity contribution is 0.173. The van der Waals surface area contributed by atoms with Crippen LogP contribution in [0, 0.1) is 11.3 Å². The minimum atomic E-state index is 0.421. The van der Waals surface area contributed by atoms with Crippen molar-refractivity contribution in [2.45, 2.75) is 38.8 Å². The molecule has 1 fully saturated rings. The van der Waals surface area contributed by atoms with Gasteiger partial charge in [-0.3, -0.25) is 19.6 Å². The Morgan fingerprint density at radius 3 is 2.51 bits per heavy atom. The van der Waals surface area contributed by atoms with Crippen LogP contribution in [0.1, 0.15) is 48.9 Å². The fraction of sp³-hybridized carbons (Fsp3) is 0.273. The summed E-state index contributed by atoms with van der Waals surface area (Å²) in [6.07, 6.45) is 13.1. The van der Waals surface area contributed by atoms with Crippen molar-refractivity contribution < 1.29 is 0 Å². The van der Waals surface area contributed by atoms with Crippen molar-refractivity contribution >= 4 is 5.71 Å². The molecule has 0 N–H and O–H groups in total. The van der Waals surface area contributed by atoms with E-state index in [0.717, 1.165) is 72.6 Å². The molecule has 3 heterocycles. The Bertz CT molecular complexity index is 1480. The van der Waals surface area contributed by atoms with Crippen LogP contribution in [0.5, 0.6) is 0 Å². The van der Waals surface area contributed by atoms with Crippen LogP contribution >= 0.6 is 0 Å². The van der Waals surface area contributed by atoms with Crippen LogP contribution in [0.25, 0.3) is 22.4 Å². The highest BCUT2D eigenvalue weighted by Crippen LogP contribution is 2.31. The molecular weight excluding hydrogens is 480 g/mol. The van der Waals surface area contributed by atoms with E-state index < -0.39 is 0 Å². The first-order valence-corrected chi connectivity index (χ1v) is 13.6. The maximum absolute atomic E-state index is 9.40. The van der Waals surface area contributed by atoms with Gasteiger partial charge in [0, 0.05) is 55.8 Å². The van der Waals surface area contributed by atoms with Gasteiger partial charge in [-0.05, 0) is 42.5 Å². The van der Waals surface area contributed by atoms with E-state index in [-0.39, 0.29) is 0 Å². The van der Waals surface area contributed by atoms with Crippen LogP contribution < -0.4 is 0 Å². The van der Waals surface area contributed by atoms with Crippen molar-refractivity contribution in [3.63, 3.8) is 0 Å². The molecule has 0 bridgehead atoms. The van der Waals surface area contributed by atoms with Crippen LogP contribution in [0.3, 0.4) is 0 Å². The average Bonchev–Trinajstić information content (AvgIpc) is 3.49. The highest BCUT2D eigenvalue weighted by atomic mass is 15.3. The normalized spacial score (nSPS) is 15.1. The number of allylic oxidation sites excluding steroid dienone is 2. The maximum atomic E-state index is 9.40. The number of aliphatic imine (C=N–C) groups is 1. The zero-order valence-electron chi connectivity index (χ0n) is 22.7. The van der Waals surface area contributed by atoms with E-state index in [9.17, 15) is 5.26 Å². The molecule has 0 radical (unpaired) electrons. The lowest BCUT2D eigenvalue weighted by Crippen LogP contribution is -2.34. The maximum Gasteiger partial charge on any atom is 0.101 e. The quantitative estimate of drug-likeness (QED) is 0.245. The SMILES string of the molecule is CC/C=C\C(=NC)c1cnn(C2CCN(Cc3ccc(-c4ncc(C#N)cc4-c4ccccc4)cc3)CC2)c1. The van der Waals surface area contributed by atoms with E-state index in [1.54, 1.807) is 6.20 Å². The Morgan fingerprint density at radius 1 is 1.05 bits per heavy atom. The standard InChI is InChI=1S/C33H34N6/c1-3-4-10-32(35-2)29-22-37-39(24-29)30-15-17-38(18-16-30)23-25-11-13-28(14-12-25)33-31(19-26(20-34)21-36-33)27-8-6-5-7-9-27/h4-14,19,21-22,24,30H,3,15-18,23H2,1-2H3/b10-4-,35-32?. The molecular formula is C33H34N6. The van der Waals surface area contributed by atoms with E-state index in [2.05, 4.69) is 92.4 Å². The average molecular weight is 515 g/mol. The predicted octanol–water partition coefficient (Wildman–Crippen LogP) is 6.71. The summed E-state index contributed by atoms with van der Waals surface area (Å²) in [5.41, 5.74) is 7.91. The second kappa shape index (κ2) is 12.5. The van der Waals surface area contributed by atoms with Gasteiger partial charge in [0.2, 0.25) is 0 Å². The zero-order valence-corrected chi connectivity index (χ0v) is 22.7. The van der Waals surface area contributed by atoms with Gasteiger partial charge in [-0.2, -0.15) is 10.4 Å². The van der Waals surface area contributed by atoms with E-state index >= 15 is 0 Å². The van der Waals surface area contributed by atoms with Crippen LogP contribution in [0.2, 0.25) is 0 Å². The molecule has 2 aromatic carbocycles. The molecule has 6 nitrogen and oxygen atoms in total. The van der Waals surface area contributed by atoms with Crippen LogP contribution in [0.4, 0.5) is 0 Å². The van der Waals surface area contributed by atoms with Crippen molar-refractivity contribution in [3.8, 4) is 28.5 Å². The number of aromatic nitrogens is 3. The lowest BCUT2D eigenvalue weighted by atomic mass is 9.97. The van der Waals surface area contributed by atoms with Gasteiger partial charge in [-0.1, -0.05) is 67.6 Å². The van der Waals surface area contributed by atoms with Gasteiger partial charge in [-0.25, -0.2) is 0 Å². The first-order chi connectivity index (χ1) is 19.2. The van der Waals surface area contributed by atoms with Crippen LogP contribution in [0.15, 0.2) is 96.4 Å². The van der Waals surface area contributed by atoms with E-state index in [1.807, 2.05) is 37.5 Å². The lowest BCUT2D eigenvalue weighted by Gasteiger charge is -2.32.